The summed E-state index contributed by atoms with van der Waals surface area (Å²) in [5.74, 6) is 0. The van der Waals surface area contributed by atoms with E-state index in [0.29, 0.717) is 0 Å². The summed E-state index contributed by atoms with van der Waals surface area (Å²) in [5.41, 5.74) is 1.69. The number of phosphoric acid groups is 1. The molecule has 2 aromatic rings. The van der Waals surface area contributed by atoms with Crippen LogP contribution in [0.2, 0.25) is 0 Å². The highest BCUT2D eigenvalue weighted by Gasteiger charge is 2.26. The SMILES string of the molecule is [O]CCOP(=O)(OCc1ccccc1)OCc1ccccc1. The van der Waals surface area contributed by atoms with E-state index in [9.17, 15) is 9.67 Å². The lowest BCUT2D eigenvalue weighted by Crippen LogP contribution is -2.04. The van der Waals surface area contributed by atoms with E-state index < -0.39 is 14.4 Å². The fourth-order valence-corrected chi connectivity index (χ4v) is 2.85. The van der Waals surface area contributed by atoms with Crippen LogP contribution in [-0.2, 0) is 36.5 Å². The molecular weight excluding hydrogens is 303 g/mol. The zero-order chi connectivity index (χ0) is 15.7. The van der Waals surface area contributed by atoms with E-state index in [1.807, 2.05) is 60.7 Å². The monoisotopic (exact) mass is 321 g/mol. The normalized spacial score (nSPS) is 11.5. The summed E-state index contributed by atoms with van der Waals surface area (Å²) in [6.45, 7) is -0.550. The van der Waals surface area contributed by atoms with Crippen molar-refractivity contribution >= 4 is 7.82 Å². The Hall–Kier alpha value is -1.49. The predicted molar refractivity (Wildman–Crippen MR) is 81.6 cm³/mol. The molecule has 5 nitrogen and oxygen atoms in total. The van der Waals surface area contributed by atoms with Gasteiger partial charge in [0.2, 0.25) is 0 Å². The van der Waals surface area contributed by atoms with Crippen LogP contribution in [0.15, 0.2) is 60.7 Å². The van der Waals surface area contributed by atoms with Crippen LogP contribution in [0.25, 0.3) is 0 Å². The van der Waals surface area contributed by atoms with Crippen molar-refractivity contribution in [2.75, 3.05) is 13.2 Å². The molecule has 0 aliphatic carbocycles. The van der Waals surface area contributed by atoms with Crippen molar-refractivity contribution in [2.45, 2.75) is 13.2 Å². The summed E-state index contributed by atoms with van der Waals surface area (Å²) >= 11 is 0. The molecule has 0 saturated carbocycles. The van der Waals surface area contributed by atoms with E-state index >= 15 is 0 Å². The van der Waals surface area contributed by atoms with Crippen LogP contribution in [0.1, 0.15) is 11.1 Å². The maximum absolute atomic E-state index is 12.5. The van der Waals surface area contributed by atoms with Crippen molar-refractivity contribution in [3.05, 3.63) is 71.8 Å². The van der Waals surface area contributed by atoms with Gasteiger partial charge in [0, 0.05) is 0 Å². The molecule has 0 aliphatic rings. The molecule has 117 valence electrons. The number of hydrogen-bond acceptors (Lipinski definition) is 4. The number of phosphoric ester groups is 1. The molecule has 0 unspecified atom stereocenters. The fourth-order valence-electron chi connectivity index (χ4n) is 1.72. The Morgan fingerprint density at radius 1 is 0.727 bits per heavy atom. The molecule has 0 N–H and O–H groups in total. The average Bonchev–Trinajstić information content (AvgIpc) is 2.59. The van der Waals surface area contributed by atoms with Crippen LogP contribution >= 0.6 is 7.82 Å². The van der Waals surface area contributed by atoms with Crippen molar-refractivity contribution in [1.29, 1.82) is 0 Å². The summed E-state index contributed by atoms with van der Waals surface area (Å²) < 4.78 is 28.2. The summed E-state index contributed by atoms with van der Waals surface area (Å²) in [4.78, 5) is 0. The van der Waals surface area contributed by atoms with Gasteiger partial charge in [0.05, 0.1) is 19.8 Å². The van der Waals surface area contributed by atoms with Gasteiger partial charge in [-0.25, -0.2) is 9.67 Å². The Morgan fingerprint density at radius 2 is 1.18 bits per heavy atom. The molecule has 0 spiro atoms. The lowest BCUT2D eigenvalue weighted by Gasteiger charge is -2.17. The zero-order valence-electron chi connectivity index (χ0n) is 12.1. The largest absolute Gasteiger partial charge is 0.475 e. The maximum atomic E-state index is 12.5. The Morgan fingerprint density at radius 3 is 1.59 bits per heavy atom. The van der Waals surface area contributed by atoms with E-state index in [4.69, 9.17) is 13.6 Å². The van der Waals surface area contributed by atoms with Crippen LogP contribution in [-0.4, -0.2) is 13.2 Å². The molecule has 0 saturated heterocycles. The minimum Gasteiger partial charge on any atom is -0.284 e. The van der Waals surface area contributed by atoms with Crippen molar-refractivity contribution in [3.8, 4) is 0 Å². The first-order chi connectivity index (χ1) is 10.7. The molecule has 6 heteroatoms. The highest BCUT2D eigenvalue weighted by atomic mass is 31.2. The van der Waals surface area contributed by atoms with E-state index in [-0.39, 0.29) is 19.8 Å². The molecule has 0 heterocycles. The highest BCUT2D eigenvalue weighted by molar-refractivity contribution is 7.48. The van der Waals surface area contributed by atoms with Gasteiger partial charge in [-0.3, -0.25) is 13.6 Å². The van der Waals surface area contributed by atoms with E-state index in [2.05, 4.69) is 0 Å². The zero-order valence-corrected chi connectivity index (χ0v) is 13.0. The van der Waals surface area contributed by atoms with Gasteiger partial charge in [-0.2, -0.15) is 0 Å². The second-order valence-corrected chi connectivity index (χ2v) is 6.17. The third-order valence-electron chi connectivity index (χ3n) is 2.80. The molecule has 0 amide bonds. The number of rotatable bonds is 9. The smallest absolute Gasteiger partial charge is 0.284 e. The third kappa shape index (κ3) is 5.72. The van der Waals surface area contributed by atoms with Gasteiger partial charge in [0.25, 0.3) is 0 Å². The van der Waals surface area contributed by atoms with Gasteiger partial charge < -0.3 is 0 Å². The van der Waals surface area contributed by atoms with Gasteiger partial charge in [-0.05, 0) is 11.1 Å². The Labute approximate surface area is 130 Å². The van der Waals surface area contributed by atoms with Crippen LogP contribution < -0.4 is 0 Å². The minimum atomic E-state index is -3.77. The molecule has 0 bridgehead atoms. The third-order valence-corrected chi connectivity index (χ3v) is 4.19. The summed E-state index contributed by atoms with van der Waals surface area (Å²) in [6.07, 6.45) is 0. The molecular formula is C16H18O5P. The molecule has 0 aliphatic heterocycles. The van der Waals surface area contributed by atoms with E-state index in [1.54, 1.807) is 0 Å². The van der Waals surface area contributed by atoms with Gasteiger partial charge >= 0.3 is 7.82 Å². The Kier molecular flexibility index (Phi) is 6.77. The summed E-state index contributed by atoms with van der Waals surface area (Å²) in [5, 5.41) is 10.6. The molecule has 22 heavy (non-hydrogen) atoms. The number of hydrogen-bond donors (Lipinski definition) is 0. The molecule has 0 aromatic heterocycles. The van der Waals surface area contributed by atoms with Crippen molar-refractivity contribution in [2.24, 2.45) is 0 Å². The average molecular weight is 321 g/mol. The molecule has 0 fully saturated rings. The Bertz CT molecular complexity index is 540. The maximum Gasteiger partial charge on any atom is 0.475 e. The lowest BCUT2D eigenvalue weighted by molar-refractivity contribution is 0.0722. The first-order valence-corrected chi connectivity index (χ1v) is 8.37. The summed E-state index contributed by atoms with van der Waals surface area (Å²) in [7, 11) is -3.77. The lowest BCUT2D eigenvalue weighted by atomic mass is 10.2. The standard InChI is InChI=1S/C16H18O5P/c17-11-12-19-22(18,20-13-15-7-3-1-4-8-15)21-14-16-9-5-2-6-10-16/h1-10H,11-14H2. The van der Waals surface area contributed by atoms with Crippen molar-refractivity contribution < 1.29 is 23.2 Å². The quantitative estimate of drug-likeness (QED) is 0.655. The van der Waals surface area contributed by atoms with Crippen molar-refractivity contribution in [1.82, 2.24) is 0 Å². The molecule has 1 radical (unpaired) electrons. The second kappa shape index (κ2) is 8.83. The molecule has 0 atom stereocenters. The number of benzene rings is 2. The van der Waals surface area contributed by atoms with Crippen LogP contribution in [0, 0.1) is 0 Å². The molecule has 2 rings (SSSR count). The van der Waals surface area contributed by atoms with Gasteiger partial charge in [-0.15, -0.1) is 0 Å². The van der Waals surface area contributed by atoms with E-state index in [0.717, 1.165) is 11.1 Å². The van der Waals surface area contributed by atoms with Gasteiger partial charge in [0.15, 0.2) is 0 Å². The Balaban J connectivity index is 1.95. The van der Waals surface area contributed by atoms with Crippen LogP contribution in [0.4, 0.5) is 0 Å². The second-order valence-electron chi connectivity index (χ2n) is 4.50. The van der Waals surface area contributed by atoms with E-state index in [1.165, 1.54) is 0 Å². The predicted octanol–water partition coefficient (Wildman–Crippen LogP) is 3.98. The van der Waals surface area contributed by atoms with Gasteiger partial charge in [0.1, 0.15) is 6.61 Å². The van der Waals surface area contributed by atoms with Crippen LogP contribution in [0.5, 0.6) is 0 Å². The molecule has 2 aromatic carbocycles. The van der Waals surface area contributed by atoms with Gasteiger partial charge in [-0.1, -0.05) is 60.7 Å². The topological polar surface area (TPSA) is 64.7 Å². The van der Waals surface area contributed by atoms with Crippen molar-refractivity contribution in [3.63, 3.8) is 0 Å². The summed E-state index contributed by atoms with van der Waals surface area (Å²) in [6, 6.07) is 18.5. The highest BCUT2D eigenvalue weighted by Crippen LogP contribution is 2.50. The first kappa shape index (κ1) is 16.9. The fraction of sp³-hybridized carbons (Fsp3) is 0.250. The minimum absolute atomic E-state index is 0.0891. The van der Waals surface area contributed by atoms with Crippen LogP contribution in [0.3, 0.4) is 0 Å². The first-order valence-electron chi connectivity index (χ1n) is 6.91.